The number of nitrogens with one attached hydrogen (secondary N) is 1. The summed E-state index contributed by atoms with van der Waals surface area (Å²) in [5.41, 5.74) is 0.931. The van der Waals surface area contributed by atoms with Gasteiger partial charge in [0.25, 0.3) is 5.69 Å². The first-order chi connectivity index (χ1) is 18.4. The van der Waals surface area contributed by atoms with Crippen molar-refractivity contribution in [2.24, 2.45) is 0 Å². The molecule has 0 saturated carbocycles. The maximum atomic E-state index is 13.8. The van der Waals surface area contributed by atoms with Crippen molar-refractivity contribution in [2.75, 3.05) is 24.2 Å². The Balaban J connectivity index is 2.06. The van der Waals surface area contributed by atoms with Crippen LogP contribution in [0.3, 0.4) is 0 Å². The highest BCUT2D eigenvalue weighted by atomic mass is 35.5. The second-order valence-corrected chi connectivity index (χ2v) is 11.4. The number of nitro benzene ring substituents is 1. The number of anilines is 1. The van der Waals surface area contributed by atoms with E-state index in [1.807, 2.05) is 18.2 Å². The largest absolute Gasteiger partial charge is 0.357 e. The minimum absolute atomic E-state index is 0.0610. The van der Waals surface area contributed by atoms with Crippen molar-refractivity contribution in [3.63, 3.8) is 0 Å². The van der Waals surface area contributed by atoms with Gasteiger partial charge in [-0.1, -0.05) is 65.7 Å². The van der Waals surface area contributed by atoms with E-state index in [-0.39, 0.29) is 29.4 Å². The molecule has 206 valence electrons. The van der Waals surface area contributed by atoms with E-state index in [2.05, 4.69) is 5.32 Å². The molecule has 0 aliphatic carbocycles. The van der Waals surface area contributed by atoms with Crippen molar-refractivity contribution in [3.05, 3.63) is 104 Å². The van der Waals surface area contributed by atoms with E-state index in [0.29, 0.717) is 10.6 Å². The van der Waals surface area contributed by atoms with Crippen LogP contribution in [-0.4, -0.2) is 55.9 Å². The molecule has 13 heteroatoms. The Morgan fingerprint density at radius 1 is 0.974 bits per heavy atom. The fraction of sp³-hybridized carbons (Fsp3) is 0.231. The number of carbonyl (C=O) groups is 2. The van der Waals surface area contributed by atoms with Gasteiger partial charge in [0, 0.05) is 32.1 Å². The third kappa shape index (κ3) is 7.92. The van der Waals surface area contributed by atoms with Gasteiger partial charge in [0.1, 0.15) is 12.6 Å². The molecule has 3 rings (SSSR count). The summed E-state index contributed by atoms with van der Waals surface area (Å²) < 4.78 is 26.2. The third-order valence-electron chi connectivity index (χ3n) is 5.86. The predicted octanol–water partition coefficient (Wildman–Crippen LogP) is 4.05. The highest BCUT2D eigenvalue weighted by Crippen LogP contribution is 2.26. The van der Waals surface area contributed by atoms with Crippen LogP contribution in [0, 0.1) is 10.1 Å². The SMILES string of the molecule is CNC(=O)C(Cc1ccccc1)N(Cc1ccc(Cl)c(Cl)c1)C(=O)CN(c1cccc([N+](=O)[O-])c1)S(C)(=O)=O. The average molecular weight is 593 g/mol. The highest BCUT2D eigenvalue weighted by Gasteiger charge is 2.33. The Morgan fingerprint density at radius 2 is 1.67 bits per heavy atom. The monoisotopic (exact) mass is 592 g/mol. The van der Waals surface area contributed by atoms with Gasteiger partial charge < -0.3 is 10.2 Å². The Morgan fingerprint density at radius 3 is 2.26 bits per heavy atom. The number of hydrogen-bond donors (Lipinski definition) is 1. The van der Waals surface area contributed by atoms with Gasteiger partial charge in [0.05, 0.1) is 26.9 Å². The summed E-state index contributed by atoms with van der Waals surface area (Å²) in [6, 6.07) is 17.7. The van der Waals surface area contributed by atoms with E-state index >= 15 is 0 Å². The fourth-order valence-corrected chi connectivity index (χ4v) is 5.09. The molecule has 1 N–H and O–H groups in total. The molecule has 0 heterocycles. The molecule has 0 aliphatic heterocycles. The van der Waals surface area contributed by atoms with Crippen molar-refractivity contribution < 1.29 is 22.9 Å². The molecule has 10 nitrogen and oxygen atoms in total. The van der Waals surface area contributed by atoms with E-state index in [1.165, 1.54) is 30.1 Å². The number of sulfonamides is 1. The maximum Gasteiger partial charge on any atom is 0.271 e. The lowest BCUT2D eigenvalue weighted by atomic mass is 10.0. The predicted molar refractivity (Wildman–Crippen MR) is 150 cm³/mol. The van der Waals surface area contributed by atoms with Gasteiger partial charge in [0.2, 0.25) is 21.8 Å². The zero-order chi connectivity index (χ0) is 28.7. The van der Waals surface area contributed by atoms with Crippen molar-refractivity contribution in [1.29, 1.82) is 0 Å². The Bertz CT molecular complexity index is 1470. The van der Waals surface area contributed by atoms with Gasteiger partial charge in [-0.2, -0.15) is 0 Å². The topological polar surface area (TPSA) is 130 Å². The van der Waals surface area contributed by atoms with Crippen LogP contribution in [0.5, 0.6) is 0 Å². The minimum atomic E-state index is -4.06. The zero-order valence-electron chi connectivity index (χ0n) is 21.1. The number of nitrogens with zero attached hydrogens (tertiary/aromatic N) is 3. The molecular formula is C26H26Cl2N4O6S. The minimum Gasteiger partial charge on any atom is -0.357 e. The molecule has 0 fully saturated rings. The fourth-order valence-electron chi connectivity index (χ4n) is 3.93. The summed E-state index contributed by atoms with van der Waals surface area (Å²) >= 11 is 12.2. The molecule has 0 aliphatic rings. The molecule has 3 aromatic rings. The first kappa shape index (κ1) is 29.9. The number of rotatable bonds is 11. The number of likely N-dealkylation sites (N-methyl/N-ethyl adjacent to an activating group) is 1. The van der Waals surface area contributed by atoms with Crippen LogP contribution >= 0.6 is 23.2 Å². The van der Waals surface area contributed by atoms with Crippen molar-refractivity contribution >= 4 is 56.4 Å². The lowest BCUT2D eigenvalue weighted by molar-refractivity contribution is -0.384. The molecule has 0 radical (unpaired) electrons. The van der Waals surface area contributed by atoms with Gasteiger partial charge in [-0.3, -0.25) is 24.0 Å². The summed E-state index contributed by atoms with van der Waals surface area (Å²) in [5.74, 6) is -1.17. The van der Waals surface area contributed by atoms with Gasteiger partial charge in [-0.15, -0.1) is 0 Å². The summed E-state index contributed by atoms with van der Waals surface area (Å²) in [6.45, 7) is -0.795. The van der Waals surface area contributed by atoms with Crippen LogP contribution in [0.4, 0.5) is 11.4 Å². The molecule has 39 heavy (non-hydrogen) atoms. The Hall–Kier alpha value is -3.67. The molecule has 0 saturated heterocycles. The quantitative estimate of drug-likeness (QED) is 0.264. The van der Waals surface area contributed by atoms with Crippen molar-refractivity contribution in [2.45, 2.75) is 19.0 Å². The number of nitro groups is 1. The molecule has 3 aromatic carbocycles. The summed E-state index contributed by atoms with van der Waals surface area (Å²) in [4.78, 5) is 38.8. The van der Waals surface area contributed by atoms with E-state index in [1.54, 1.807) is 30.3 Å². The molecule has 0 spiro atoms. The van der Waals surface area contributed by atoms with Crippen LogP contribution in [0.25, 0.3) is 0 Å². The Labute approximate surface area is 236 Å². The van der Waals surface area contributed by atoms with Crippen molar-refractivity contribution in [3.8, 4) is 0 Å². The average Bonchev–Trinajstić information content (AvgIpc) is 2.90. The number of amides is 2. The molecule has 1 atom stereocenters. The van der Waals surface area contributed by atoms with Crippen LogP contribution in [0.2, 0.25) is 10.0 Å². The van der Waals surface area contributed by atoms with Crippen LogP contribution in [-0.2, 0) is 32.6 Å². The number of non-ortho nitro benzene ring substituents is 1. The molecule has 2 amide bonds. The Kier molecular flexibility index (Phi) is 9.90. The van der Waals surface area contributed by atoms with E-state index in [0.717, 1.165) is 22.2 Å². The number of benzene rings is 3. The van der Waals surface area contributed by atoms with Gasteiger partial charge in [-0.25, -0.2) is 8.42 Å². The maximum absolute atomic E-state index is 13.8. The molecular weight excluding hydrogens is 567 g/mol. The number of halogens is 2. The summed E-state index contributed by atoms with van der Waals surface area (Å²) in [7, 11) is -2.62. The number of carbonyl (C=O) groups excluding carboxylic acids is 2. The third-order valence-corrected chi connectivity index (χ3v) is 7.74. The van der Waals surface area contributed by atoms with Gasteiger partial charge in [-0.05, 0) is 29.3 Å². The molecule has 0 bridgehead atoms. The lowest BCUT2D eigenvalue weighted by Gasteiger charge is -2.33. The summed E-state index contributed by atoms with van der Waals surface area (Å²) in [5, 5.41) is 14.4. The van der Waals surface area contributed by atoms with Crippen LogP contribution in [0.15, 0.2) is 72.8 Å². The molecule has 1 unspecified atom stereocenters. The first-order valence-corrected chi connectivity index (χ1v) is 14.2. The van der Waals surface area contributed by atoms with Crippen molar-refractivity contribution in [1.82, 2.24) is 10.2 Å². The zero-order valence-corrected chi connectivity index (χ0v) is 23.4. The first-order valence-electron chi connectivity index (χ1n) is 11.6. The molecule has 0 aromatic heterocycles. The smallest absolute Gasteiger partial charge is 0.271 e. The second kappa shape index (κ2) is 12.9. The van der Waals surface area contributed by atoms with Gasteiger partial charge in [0.15, 0.2) is 0 Å². The van der Waals surface area contributed by atoms with E-state index in [4.69, 9.17) is 23.2 Å². The second-order valence-electron chi connectivity index (χ2n) is 8.64. The lowest BCUT2D eigenvalue weighted by Crippen LogP contribution is -2.52. The summed E-state index contributed by atoms with van der Waals surface area (Å²) in [6.07, 6.45) is 1.03. The normalized spacial score (nSPS) is 11.9. The number of hydrogen-bond acceptors (Lipinski definition) is 6. The van der Waals surface area contributed by atoms with Gasteiger partial charge >= 0.3 is 0 Å². The van der Waals surface area contributed by atoms with Crippen LogP contribution in [0.1, 0.15) is 11.1 Å². The van der Waals surface area contributed by atoms with E-state index < -0.39 is 39.3 Å². The van der Waals surface area contributed by atoms with Crippen LogP contribution < -0.4 is 9.62 Å². The highest BCUT2D eigenvalue weighted by molar-refractivity contribution is 7.92. The van der Waals surface area contributed by atoms with E-state index in [9.17, 15) is 28.1 Å². The standard InChI is InChI=1S/C26H26Cl2N4O6S/c1-29-26(34)24(14-18-7-4-3-5-8-18)30(16-19-11-12-22(27)23(28)13-19)25(33)17-31(39(2,37)38)20-9-6-10-21(15-20)32(35)36/h3-13,15,24H,14,16-17H2,1-2H3,(H,29,34).